The molecule has 0 amide bonds. The van der Waals surface area contributed by atoms with E-state index in [-0.39, 0.29) is 22.1 Å². The largest absolute Gasteiger partial charge is 0.492 e. The molecule has 1 aromatic rings. The molecule has 5 heteroatoms. The fourth-order valence-corrected chi connectivity index (χ4v) is 1.45. The molecular weight excluding hydrogens is 246 g/mol. The maximum absolute atomic E-state index is 13.1. The Morgan fingerprint density at radius 1 is 1.54 bits per heavy atom. The van der Waals surface area contributed by atoms with E-state index < -0.39 is 11.6 Å². The molecule has 1 aromatic carbocycles. The van der Waals surface area contributed by atoms with Gasteiger partial charge in [0.25, 0.3) is 0 Å². The van der Waals surface area contributed by atoms with Crippen LogP contribution >= 0.6 is 15.9 Å². The molecule has 0 heterocycles. The van der Waals surface area contributed by atoms with Crippen molar-refractivity contribution >= 4 is 22.2 Å². The van der Waals surface area contributed by atoms with Gasteiger partial charge < -0.3 is 4.74 Å². The number of carbonyl (C=O) groups is 1. The van der Waals surface area contributed by atoms with E-state index in [0.717, 1.165) is 6.07 Å². The number of rotatable bonds is 2. The molecule has 0 aliphatic heterocycles. The van der Waals surface area contributed by atoms with E-state index in [1.165, 1.54) is 7.11 Å². The summed E-state index contributed by atoms with van der Waals surface area (Å²) in [5.74, 6) is -1.85. The minimum Gasteiger partial charge on any atom is -0.492 e. The van der Waals surface area contributed by atoms with E-state index in [4.69, 9.17) is 0 Å². The Labute approximate surface area is 81.6 Å². The third kappa shape index (κ3) is 1.70. The van der Waals surface area contributed by atoms with Gasteiger partial charge in [-0.25, -0.2) is 8.78 Å². The lowest BCUT2D eigenvalue weighted by molar-refractivity contribution is 0.111. The lowest BCUT2D eigenvalue weighted by atomic mass is 10.2. The van der Waals surface area contributed by atoms with E-state index in [2.05, 4.69) is 20.7 Å². The lowest BCUT2D eigenvalue weighted by Gasteiger charge is -2.06. The number of halogens is 3. The van der Waals surface area contributed by atoms with E-state index in [1.54, 1.807) is 0 Å². The van der Waals surface area contributed by atoms with Crippen molar-refractivity contribution in [2.24, 2.45) is 0 Å². The molecule has 0 saturated heterocycles. The van der Waals surface area contributed by atoms with Gasteiger partial charge in [-0.15, -0.1) is 0 Å². The molecule has 0 aromatic heterocycles. The molecular formula is C8H5BrF2O2. The molecule has 70 valence electrons. The predicted molar refractivity (Wildman–Crippen MR) is 46.0 cm³/mol. The molecule has 13 heavy (non-hydrogen) atoms. The van der Waals surface area contributed by atoms with Crippen molar-refractivity contribution in [2.75, 3.05) is 7.11 Å². The number of hydrogen-bond acceptors (Lipinski definition) is 2. The molecule has 0 bridgehead atoms. The van der Waals surface area contributed by atoms with Crippen molar-refractivity contribution in [1.82, 2.24) is 0 Å². The van der Waals surface area contributed by atoms with Gasteiger partial charge in [-0.05, 0) is 22.0 Å². The highest BCUT2D eigenvalue weighted by Crippen LogP contribution is 2.32. The van der Waals surface area contributed by atoms with E-state index >= 15 is 0 Å². The molecule has 0 aliphatic carbocycles. The number of aldehydes is 1. The van der Waals surface area contributed by atoms with Crippen LogP contribution in [0.25, 0.3) is 0 Å². The first-order valence-corrected chi connectivity index (χ1v) is 4.07. The van der Waals surface area contributed by atoms with Gasteiger partial charge in [0.15, 0.2) is 23.7 Å². The zero-order chi connectivity index (χ0) is 10.0. The highest BCUT2D eigenvalue weighted by atomic mass is 79.9. The number of benzene rings is 1. The van der Waals surface area contributed by atoms with Crippen LogP contribution in [-0.2, 0) is 0 Å². The van der Waals surface area contributed by atoms with Crippen LogP contribution in [0, 0.1) is 11.6 Å². The van der Waals surface area contributed by atoms with Crippen LogP contribution in [0.1, 0.15) is 10.4 Å². The van der Waals surface area contributed by atoms with Crippen molar-refractivity contribution in [1.29, 1.82) is 0 Å². The van der Waals surface area contributed by atoms with Crippen LogP contribution in [0.2, 0.25) is 0 Å². The molecule has 0 unspecified atom stereocenters. The van der Waals surface area contributed by atoms with Gasteiger partial charge in [0.2, 0.25) is 0 Å². The summed E-state index contributed by atoms with van der Waals surface area (Å²) >= 11 is 2.78. The van der Waals surface area contributed by atoms with Crippen LogP contribution in [0.5, 0.6) is 5.75 Å². The Morgan fingerprint density at radius 2 is 2.15 bits per heavy atom. The summed E-state index contributed by atoms with van der Waals surface area (Å²) in [5, 5.41) is 0. The second-order valence-electron chi connectivity index (χ2n) is 2.23. The van der Waals surface area contributed by atoms with Crippen LogP contribution < -0.4 is 4.74 Å². The van der Waals surface area contributed by atoms with Crippen LogP contribution in [0.15, 0.2) is 10.5 Å². The topological polar surface area (TPSA) is 26.3 Å². The Hall–Kier alpha value is -0.970. The van der Waals surface area contributed by atoms with Crippen molar-refractivity contribution in [3.8, 4) is 5.75 Å². The molecule has 1 rings (SSSR count). The van der Waals surface area contributed by atoms with Crippen LogP contribution in [-0.4, -0.2) is 13.4 Å². The maximum Gasteiger partial charge on any atom is 0.171 e. The molecule has 2 nitrogen and oxygen atoms in total. The van der Waals surface area contributed by atoms with Gasteiger partial charge in [-0.2, -0.15) is 0 Å². The summed E-state index contributed by atoms with van der Waals surface area (Å²) in [6.07, 6.45) is 0.239. The second-order valence-corrected chi connectivity index (χ2v) is 3.02. The van der Waals surface area contributed by atoms with Gasteiger partial charge in [0.1, 0.15) is 0 Å². The zero-order valence-electron chi connectivity index (χ0n) is 6.61. The highest BCUT2D eigenvalue weighted by molar-refractivity contribution is 9.10. The molecule has 0 fully saturated rings. The Bertz CT molecular complexity index is 352. The summed E-state index contributed by atoms with van der Waals surface area (Å²) in [7, 11) is 1.21. The first-order chi connectivity index (χ1) is 6.11. The van der Waals surface area contributed by atoms with Crippen LogP contribution in [0.3, 0.4) is 0 Å². The minimum atomic E-state index is -0.826. The Balaban J connectivity index is 3.45. The fourth-order valence-electron chi connectivity index (χ4n) is 0.870. The van der Waals surface area contributed by atoms with Crippen LogP contribution in [0.4, 0.5) is 8.78 Å². The SMILES string of the molecule is COc1c(F)cc(C=O)c(F)c1Br. The highest BCUT2D eigenvalue weighted by Gasteiger charge is 2.16. The Kier molecular flexibility index (Phi) is 2.98. The summed E-state index contributed by atoms with van der Waals surface area (Å²) in [6.45, 7) is 0. The van der Waals surface area contributed by atoms with Crippen molar-refractivity contribution in [2.45, 2.75) is 0 Å². The third-order valence-electron chi connectivity index (χ3n) is 1.48. The number of hydrogen-bond donors (Lipinski definition) is 0. The summed E-state index contributed by atoms with van der Waals surface area (Å²) in [6, 6.07) is 0.784. The first-order valence-electron chi connectivity index (χ1n) is 3.28. The molecule has 0 atom stereocenters. The summed E-state index contributed by atoms with van der Waals surface area (Å²) < 4.78 is 30.5. The van der Waals surface area contributed by atoms with Gasteiger partial charge in [-0.3, -0.25) is 4.79 Å². The van der Waals surface area contributed by atoms with E-state index in [1.807, 2.05) is 0 Å². The fraction of sp³-hybridized carbons (Fsp3) is 0.125. The number of ether oxygens (including phenoxy) is 1. The number of carbonyl (C=O) groups excluding carboxylic acids is 1. The molecule has 0 spiro atoms. The third-order valence-corrected chi connectivity index (χ3v) is 2.18. The molecule has 0 radical (unpaired) electrons. The smallest absolute Gasteiger partial charge is 0.171 e. The van der Waals surface area contributed by atoms with Gasteiger partial charge >= 0.3 is 0 Å². The average molecular weight is 251 g/mol. The normalized spacial score (nSPS) is 9.85. The van der Waals surface area contributed by atoms with E-state index in [0.29, 0.717) is 0 Å². The predicted octanol–water partition coefficient (Wildman–Crippen LogP) is 2.55. The lowest BCUT2D eigenvalue weighted by Crippen LogP contribution is -1.97. The van der Waals surface area contributed by atoms with Crippen molar-refractivity contribution in [3.63, 3.8) is 0 Å². The quantitative estimate of drug-likeness (QED) is 0.596. The van der Waals surface area contributed by atoms with Crippen molar-refractivity contribution < 1.29 is 18.3 Å². The van der Waals surface area contributed by atoms with E-state index in [9.17, 15) is 13.6 Å². The molecule has 0 saturated carbocycles. The van der Waals surface area contributed by atoms with Gasteiger partial charge in [0.05, 0.1) is 17.1 Å². The Morgan fingerprint density at radius 3 is 2.62 bits per heavy atom. The summed E-state index contributed by atoms with van der Waals surface area (Å²) in [4.78, 5) is 10.3. The molecule has 0 aliphatic rings. The monoisotopic (exact) mass is 250 g/mol. The second kappa shape index (κ2) is 3.83. The maximum atomic E-state index is 13.1. The van der Waals surface area contributed by atoms with Crippen molar-refractivity contribution in [3.05, 3.63) is 27.7 Å². The zero-order valence-corrected chi connectivity index (χ0v) is 8.19. The minimum absolute atomic E-state index is 0.183. The van der Waals surface area contributed by atoms with Gasteiger partial charge in [-0.1, -0.05) is 0 Å². The first kappa shape index (κ1) is 10.1. The number of methoxy groups -OCH3 is 1. The average Bonchev–Trinajstić information content (AvgIpc) is 2.12. The van der Waals surface area contributed by atoms with Gasteiger partial charge in [0, 0.05) is 0 Å². The standard InChI is InChI=1S/C8H5BrF2O2/c1-13-8-5(10)2-4(3-12)7(11)6(8)9/h2-3H,1H3. The molecule has 0 N–H and O–H groups in total. The summed E-state index contributed by atoms with van der Waals surface area (Å²) in [5.41, 5.74) is -0.342.